The van der Waals surface area contributed by atoms with Crippen molar-refractivity contribution in [3.8, 4) is 0 Å². The maximum atomic E-state index is 12.2. The zero-order valence-corrected chi connectivity index (χ0v) is 12.7. The summed E-state index contributed by atoms with van der Waals surface area (Å²) in [5.41, 5.74) is 0.908. The van der Waals surface area contributed by atoms with Crippen LogP contribution < -0.4 is 0 Å². The third-order valence-electron chi connectivity index (χ3n) is 2.73. The summed E-state index contributed by atoms with van der Waals surface area (Å²) in [6, 6.07) is 4.89. The van der Waals surface area contributed by atoms with Gasteiger partial charge in [-0.1, -0.05) is 36.2 Å². The molecule has 0 atom stereocenters. The lowest BCUT2D eigenvalue weighted by atomic mass is 10.1. The van der Waals surface area contributed by atoms with Gasteiger partial charge in [0.15, 0.2) is 0 Å². The molecule has 0 radical (unpaired) electrons. The Balaban J connectivity index is 2.61. The van der Waals surface area contributed by atoms with Crippen molar-refractivity contribution < 1.29 is 9.59 Å². The minimum absolute atomic E-state index is 0.280. The van der Waals surface area contributed by atoms with Crippen molar-refractivity contribution in [3.63, 3.8) is 0 Å². The van der Waals surface area contributed by atoms with Gasteiger partial charge in [0.2, 0.25) is 0 Å². The molecule has 0 fully saturated rings. The summed E-state index contributed by atoms with van der Waals surface area (Å²) >= 11 is 13.3. The third-order valence-corrected chi connectivity index (χ3v) is 4.24. The van der Waals surface area contributed by atoms with Crippen molar-refractivity contribution in [2.45, 2.75) is 6.92 Å². The summed E-state index contributed by atoms with van der Waals surface area (Å²) in [6.45, 7) is 1.93. The largest absolute Gasteiger partial charge is 0.277 e. The van der Waals surface area contributed by atoms with Crippen LogP contribution in [0.4, 0.5) is 0 Å². The Bertz CT molecular complexity index is 598. The van der Waals surface area contributed by atoms with Gasteiger partial charge < -0.3 is 0 Å². The molecule has 19 heavy (non-hydrogen) atoms. The first-order valence-corrected chi connectivity index (χ1v) is 7.36. The number of thioether (sulfide) groups is 1. The summed E-state index contributed by atoms with van der Waals surface area (Å²) in [5, 5.41) is 0.859. The smallest absolute Gasteiger partial charge is 0.267 e. The Morgan fingerprint density at radius 2 is 1.89 bits per heavy atom. The second-order valence-corrected chi connectivity index (χ2v) is 6.05. The highest BCUT2D eigenvalue weighted by Gasteiger charge is 2.37. The van der Waals surface area contributed by atoms with Crippen LogP contribution in [-0.2, 0) is 9.59 Å². The predicted octanol–water partition coefficient (Wildman–Crippen LogP) is 3.46. The van der Waals surface area contributed by atoms with E-state index in [0.29, 0.717) is 31.8 Å². The molecule has 2 amide bonds. The molecule has 1 heterocycles. The number of rotatable bonds is 3. The number of benzene rings is 1. The monoisotopic (exact) mass is 315 g/mol. The maximum absolute atomic E-state index is 12.2. The molecule has 2 rings (SSSR count). The Morgan fingerprint density at radius 1 is 1.21 bits per heavy atom. The van der Waals surface area contributed by atoms with Crippen LogP contribution >= 0.6 is 35.0 Å². The van der Waals surface area contributed by atoms with Crippen LogP contribution in [0.15, 0.2) is 23.1 Å². The van der Waals surface area contributed by atoms with Gasteiger partial charge in [0.05, 0.1) is 15.5 Å². The molecular formula is C13H11Cl2NO2S. The van der Waals surface area contributed by atoms with Crippen LogP contribution in [0.3, 0.4) is 0 Å². The van der Waals surface area contributed by atoms with Crippen molar-refractivity contribution in [2.24, 2.45) is 0 Å². The average molecular weight is 316 g/mol. The molecule has 6 heteroatoms. The molecule has 0 spiro atoms. The maximum Gasteiger partial charge on any atom is 0.267 e. The molecule has 0 unspecified atom stereocenters. The highest BCUT2D eigenvalue weighted by molar-refractivity contribution is 8.04. The molecule has 0 saturated carbocycles. The lowest BCUT2D eigenvalue weighted by Crippen LogP contribution is -2.26. The van der Waals surface area contributed by atoms with Gasteiger partial charge in [0.25, 0.3) is 11.8 Å². The predicted molar refractivity (Wildman–Crippen MR) is 79.3 cm³/mol. The van der Waals surface area contributed by atoms with Crippen LogP contribution in [-0.4, -0.2) is 29.5 Å². The van der Waals surface area contributed by atoms with E-state index in [9.17, 15) is 9.59 Å². The zero-order chi connectivity index (χ0) is 14.2. The van der Waals surface area contributed by atoms with E-state index in [1.54, 1.807) is 18.2 Å². The lowest BCUT2D eigenvalue weighted by Gasteiger charge is -2.07. The van der Waals surface area contributed by atoms with E-state index in [1.165, 1.54) is 18.8 Å². The fraction of sp³-hybridized carbons (Fsp3) is 0.231. The Labute approximate surface area is 125 Å². The Morgan fingerprint density at radius 3 is 2.47 bits per heavy atom. The number of carbonyl (C=O) groups is 2. The number of carbonyl (C=O) groups excluding carboxylic acids is 2. The quantitative estimate of drug-likeness (QED) is 0.802. The van der Waals surface area contributed by atoms with E-state index < -0.39 is 0 Å². The van der Waals surface area contributed by atoms with Gasteiger partial charge in [-0.15, -0.1) is 11.8 Å². The first kappa shape index (κ1) is 14.4. The van der Waals surface area contributed by atoms with E-state index in [1.807, 2.05) is 6.92 Å². The minimum Gasteiger partial charge on any atom is -0.277 e. The highest BCUT2D eigenvalue weighted by Crippen LogP contribution is 2.38. The number of nitrogens with zero attached hydrogens (tertiary/aromatic N) is 1. The van der Waals surface area contributed by atoms with Crippen LogP contribution in [0, 0.1) is 0 Å². The molecule has 0 aromatic heterocycles. The summed E-state index contributed by atoms with van der Waals surface area (Å²) in [6.07, 6.45) is 0. The highest BCUT2D eigenvalue weighted by atomic mass is 35.5. The summed E-state index contributed by atoms with van der Waals surface area (Å²) < 4.78 is 0. The molecular weight excluding hydrogens is 305 g/mol. The second-order valence-electron chi connectivity index (χ2n) is 3.93. The van der Waals surface area contributed by atoms with Crippen LogP contribution in [0.1, 0.15) is 12.5 Å². The van der Waals surface area contributed by atoms with Gasteiger partial charge in [0.1, 0.15) is 0 Å². The third kappa shape index (κ3) is 2.53. The number of hydrogen-bond acceptors (Lipinski definition) is 3. The van der Waals surface area contributed by atoms with Crippen molar-refractivity contribution in [1.29, 1.82) is 0 Å². The number of halogens is 2. The van der Waals surface area contributed by atoms with Crippen LogP contribution in [0.5, 0.6) is 0 Å². The molecule has 0 aliphatic carbocycles. The SMILES string of the molecule is CCSC1=C(c2ccc(Cl)cc2Cl)C(=O)N(C)C1=O. The summed E-state index contributed by atoms with van der Waals surface area (Å²) in [7, 11) is 1.47. The summed E-state index contributed by atoms with van der Waals surface area (Å²) in [5.74, 6) is 0.0970. The first-order chi connectivity index (χ1) is 8.97. The average Bonchev–Trinajstić information content (AvgIpc) is 2.56. The van der Waals surface area contributed by atoms with Crippen molar-refractivity contribution in [2.75, 3.05) is 12.8 Å². The summed E-state index contributed by atoms with van der Waals surface area (Å²) in [4.78, 5) is 25.8. The van der Waals surface area contributed by atoms with Gasteiger partial charge >= 0.3 is 0 Å². The van der Waals surface area contributed by atoms with Gasteiger partial charge in [-0.05, 0) is 17.9 Å². The minimum atomic E-state index is -0.329. The van der Waals surface area contributed by atoms with E-state index in [4.69, 9.17) is 23.2 Å². The molecule has 0 bridgehead atoms. The van der Waals surface area contributed by atoms with Crippen LogP contribution in [0.25, 0.3) is 5.57 Å². The molecule has 0 saturated heterocycles. The molecule has 0 N–H and O–H groups in total. The first-order valence-electron chi connectivity index (χ1n) is 5.62. The van der Waals surface area contributed by atoms with Crippen LogP contribution in [0.2, 0.25) is 10.0 Å². The topological polar surface area (TPSA) is 37.4 Å². The lowest BCUT2D eigenvalue weighted by molar-refractivity contribution is -0.134. The van der Waals surface area contributed by atoms with Gasteiger partial charge in [0, 0.05) is 17.6 Å². The number of imide groups is 1. The van der Waals surface area contributed by atoms with Crippen molar-refractivity contribution in [3.05, 3.63) is 38.7 Å². The van der Waals surface area contributed by atoms with E-state index in [0.717, 1.165) is 4.90 Å². The zero-order valence-electron chi connectivity index (χ0n) is 10.4. The van der Waals surface area contributed by atoms with Gasteiger partial charge in [-0.3, -0.25) is 14.5 Å². The number of likely N-dealkylation sites (N-methyl/N-ethyl adjacent to an activating group) is 1. The molecule has 1 aromatic rings. The van der Waals surface area contributed by atoms with Crippen molar-refractivity contribution >= 4 is 52.4 Å². The number of hydrogen-bond donors (Lipinski definition) is 0. The molecule has 1 aliphatic heterocycles. The Hall–Kier alpha value is -0.970. The molecule has 100 valence electrons. The van der Waals surface area contributed by atoms with Crippen molar-refractivity contribution in [1.82, 2.24) is 4.90 Å². The van der Waals surface area contributed by atoms with E-state index >= 15 is 0 Å². The number of amides is 2. The fourth-order valence-electron chi connectivity index (χ4n) is 1.82. The Kier molecular flexibility index (Phi) is 4.23. The normalized spacial score (nSPS) is 15.7. The standard InChI is InChI=1S/C13H11Cl2NO2S/c1-3-19-11-10(12(17)16(2)13(11)18)8-5-4-7(14)6-9(8)15/h4-6H,3H2,1-2H3. The van der Waals surface area contributed by atoms with E-state index in [2.05, 4.69) is 0 Å². The van der Waals surface area contributed by atoms with E-state index in [-0.39, 0.29) is 11.8 Å². The molecule has 3 nitrogen and oxygen atoms in total. The van der Waals surface area contributed by atoms with Gasteiger partial charge in [-0.2, -0.15) is 0 Å². The molecule has 1 aromatic carbocycles. The van der Waals surface area contributed by atoms with Gasteiger partial charge in [-0.25, -0.2) is 0 Å². The second kappa shape index (κ2) is 5.57. The molecule has 1 aliphatic rings. The fourth-order valence-corrected chi connectivity index (χ4v) is 3.22.